The van der Waals surface area contributed by atoms with Crippen molar-refractivity contribution in [1.29, 1.82) is 0 Å². The van der Waals surface area contributed by atoms with Gasteiger partial charge in [0, 0.05) is 13.1 Å². The molecule has 0 amide bonds. The van der Waals surface area contributed by atoms with Gasteiger partial charge in [-0.3, -0.25) is 4.98 Å². The van der Waals surface area contributed by atoms with E-state index in [1.165, 1.54) is 38.5 Å². The van der Waals surface area contributed by atoms with Crippen LogP contribution in [0.15, 0.2) is 12.4 Å². The van der Waals surface area contributed by atoms with Crippen LogP contribution in [0.3, 0.4) is 0 Å². The Morgan fingerprint density at radius 3 is 2.47 bits per heavy atom. The van der Waals surface area contributed by atoms with E-state index in [4.69, 9.17) is 0 Å². The molecular weight excluding hydrogens is 236 g/mol. The fraction of sp³-hybridized carbons (Fsp3) is 0.733. The molecule has 1 aromatic rings. The molecule has 0 spiro atoms. The third-order valence-electron chi connectivity index (χ3n) is 3.76. The topological polar surface area (TPSA) is 49.8 Å². The standard InChI is InChI=1S/C15H26N4/c1-2-9-17-14-11-16-12-15(19-14)18-10-5-8-13-6-3-4-7-13/h11-13H,2-10H2,1H3,(H2,17,18,19). The van der Waals surface area contributed by atoms with Gasteiger partial charge < -0.3 is 10.6 Å². The minimum Gasteiger partial charge on any atom is -0.369 e. The molecule has 0 radical (unpaired) electrons. The SMILES string of the molecule is CCCNc1cncc(NCCCC2CCCC2)n1. The fourth-order valence-corrected chi connectivity index (χ4v) is 2.70. The molecule has 0 bridgehead atoms. The maximum absolute atomic E-state index is 4.49. The normalized spacial score (nSPS) is 15.6. The molecule has 0 saturated heterocycles. The molecule has 1 aliphatic carbocycles. The minimum atomic E-state index is 0.864. The maximum Gasteiger partial charge on any atom is 0.146 e. The van der Waals surface area contributed by atoms with Crippen molar-refractivity contribution in [2.24, 2.45) is 5.92 Å². The zero-order chi connectivity index (χ0) is 13.3. The van der Waals surface area contributed by atoms with Crippen molar-refractivity contribution in [1.82, 2.24) is 9.97 Å². The Kier molecular flexibility index (Phi) is 5.92. The van der Waals surface area contributed by atoms with E-state index in [0.717, 1.165) is 37.1 Å². The van der Waals surface area contributed by atoms with Gasteiger partial charge in [-0.15, -0.1) is 0 Å². The van der Waals surface area contributed by atoms with E-state index >= 15 is 0 Å². The molecule has 1 aromatic heterocycles. The van der Waals surface area contributed by atoms with Crippen molar-refractivity contribution >= 4 is 11.6 Å². The monoisotopic (exact) mass is 262 g/mol. The summed E-state index contributed by atoms with van der Waals surface area (Å²) in [5.74, 6) is 2.72. The van der Waals surface area contributed by atoms with Crippen LogP contribution in [0, 0.1) is 5.92 Å². The first-order valence-electron chi connectivity index (χ1n) is 7.68. The van der Waals surface area contributed by atoms with Crippen LogP contribution in [-0.2, 0) is 0 Å². The Bertz CT molecular complexity index is 361. The molecular formula is C15H26N4. The Balaban J connectivity index is 1.66. The van der Waals surface area contributed by atoms with Gasteiger partial charge in [-0.05, 0) is 25.2 Å². The van der Waals surface area contributed by atoms with Crippen molar-refractivity contribution in [3.63, 3.8) is 0 Å². The van der Waals surface area contributed by atoms with Crippen molar-refractivity contribution < 1.29 is 0 Å². The van der Waals surface area contributed by atoms with E-state index in [2.05, 4.69) is 27.5 Å². The van der Waals surface area contributed by atoms with Crippen molar-refractivity contribution in [3.05, 3.63) is 12.4 Å². The molecule has 0 aliphatic heterocycles. The number of rotatable bonds is 8. The van der Waals surface area contributed by atoms with Crippen LogP contribution in [0.4, 0.5) is 11.6 Å². The molecule has 2 rings (SSSR count). The molecule has 106 valence electrons. The van der Waals surface area contributed by atoms with Crippen LogP contribution in [0.2, 0.25) is 0 Å². The molecule has 4 nitrogen and oxygen atoms in total. The number of hydrogen-bond donors (Lipinski definition) is 2. The quantitative estimate of drug-likeness (QED) is 0.702. The van der Waals surface area contributed by atoms with Crippen LogP contribution in [-0.4, -0.2) is 23.1 Å². The van der Waals surface area contributed by atoms with Gasteiger partial charge in [-0.2, -0.15) is 0 Å². The summed E-state index contributed by atoms with van der Waals surface area (Å²) in [6.07, 6.45) is 13.0. The van der Waals surface area contributed by atoms with Gasteiger partial charge in [0.25, 0.3) is 0 Å². The molecule has 1 fully saturated rings. The molecule has 0 aromatic carbocycles. The average Bonchev–Trinajstić information content (AvgIpc) is 2.95. The second kappa shape index (κ2) is 7.97. The van der Waals surface area contributed by atoms with E-state index in [0.29, 0.717) is 0 Å². The van der Waals surface area contributed by atoms with Crippen LogP contribution < -0.4 is 10.6 Å². The van der Waals surface area contributed by atoms with Crippen LogP contribution in [0.25, 0.3) is 0 Å². The lowest BCUT2D eigenvalue weighted by molar-refractivity contribution is 0.491. The molecule has 0 atom stereocenters. The van der Waals surface area contributed by atoms with E-state index < -0.39 is 0 Å². The van der Waals surface area contributed by atoms with Crippen LogP contribution in [0.5, 0.6) is 0 Å². The summed E-state index contributed by atoms with van der Waals surface area (Å²) in [6, 6.07) is 0. The van der Waals surface area contributed by atoms with Crippen molar-refractivity contribution in [2.75, 3.05) is 23.7 Å². The molecule has 19 heavy (non-hydrogen) atoms. The maximum atomic E-state index is 4.49. The number of nitrogens with one attached hydrogen (secondary N) is 2. The molecule has 2 N–H and O–H groups in total. The first-order valence-corrected chi connectivity index (χ1v) is 7.68. The van der Waals surface area contributed by atoms with Gasteiger partial charge in [0.05, 0.1) is 12.4 Å². The largest absolute Gasteiger partial charge is 0.369 e. The highest BCUT2D eigenvalue weighted by Gasteiger charge is 2.13. The van der Waals surface area contributed by atoms with Gasteiger partial charge >= 0.3 is 0 Å². The van der Waals surface area contributed by atoms with Crippen LogP contribution >= 0.6 is 0 Å². The van der Waals surface area contributed by atoms with Gasteiger partial charge in [0.15, 0.2) is 0 Å². The van der Waals surface area contributed by atoms with Crippen molar-refractivity contribution in [2.45, 2.75) is 51.9 Å². The second-order valence-electron chi connectivity index (χ2n) is 5.44. The lowest BCUT2D eigenvalue weighted by Gasteiger charge is -2.10. The molecule has 1 aliphatic rings. The van der Waals surface area contributed by atoms with E-state index in [9.17, 15) is 0 Å². The predicted molar refractivity (Wildman–Crippen MR) is 80.5 cm³/mol. The lowest BCUT2D eigenvalue weighted by atomic mass is 10.0. The Morgan fingerprint density at radius 1 is 1.11 bits per heavy atom. The third kappa shape index (κ3) is 5.05. The van der Waals surface area contributed by atoms with Crippen molar-refractivity contribution in [3.8, 4) is 0 Å². The summed E-state index contributed by atoms with van der Waals surface area (Å²) < 4.78 is 0. The number of nitrogens with zero attached hydrogens (tertiary/aromatic N) is 2. The highest BCUT2D eigenvalue weighted by molar-refractivity contribution is 5.41. The van der Waals surface area contributed by atoms with Crippen LogP contribution in [0.1, 0.15) is 51.9 Å². The van der Waals surface area contributed by atoms with E-state index in [1.54, 1.807) is 12.4 Å². The first-order chi connectivity index (χ1) is 9.38. The Labute approximate surface area is 116 Å². The number of aromatic nitrogens is 2. The second-order valence-corrected chi connectivity index (χ2v) is 5.44. The molecule has 1 heterocycles. The fourth-order valence-electron chi connectivity index (χ4n) is 2.70. The smallest absolute Gasteiger partial charge is 0.146 e. The summed E-state index contributed by atoms with van der Waals surface area (Å²) in [5, 5.41) is 6.63. The summed E-state index contributed by atoms with van der Waals surface area (Å²) in [7, 11) is 0. The zero-order valence-electron chi connectivity index (χ0n) is 12.0. The zero-order valence-corrected chi connectivity index (χ0v) is 12.0. The average molecular weight is 262 g/mol. The summed E-state index contributed by atoms with van der Waals surface area (Å²) in [4.78, 5) is 8.70. The Morgan fingerprint density at radius 2 is 1.79 bits per heavy atom. The van der Waals surface area contributed by atoms with Gasteiger partial charge in [0.2, 0.25) is 0 Å². The predicted octanol–water partition coefficient (Wildman–Crippen LogP) is 3.68. The van der Waals surface area contributed by atoms with E-state index in [-0.39, 0.29) is 0 Å². The highest BCUT2D eigenvalue weighted by Crippen LogP contribution is 2.28. The third-order valence-corrected chi connectivity index (χ3v) is 3.76. The minimum absolute atomic E-state index is 0.864. The van der Waals surface area contributed by atoms with Gasteiger partial charge in [0.1, 0.15) is 11.6 Å². The van der Waals surface area contributed by atoms with Gasteiger partial charge in [-0.1, -0.05) is 32.6 Å². The molecule has 4 heteroatoms. The summed E-state index contributed by atoms with van der Waals surface area (Å²) in [6.45, 7) is 4.09. The van der Waals surface area contributed by atoms with Gasteiger partial charge in [-0.25, -0.2) is 4.98 Å². The lowest BCUT2D eigenvalue weighted by Crippen LogP contribution is -2.08. The molecule has 1 saturated carbocycles. The highest BCUT2D eigenvalue weighted by atomic mass is 15.1. The summed E-state index contributed by atoms with van der Waals surface area (Å²) >= 11 is 0. The summed E-state index contributed by atoms with van der Waals surface area (Å²) in [5.41, 5.74) is 0. The molecule has 0 unspecified atom stereocenters. The number of hydrogen-bond acceptors (Lipinski definition) is 4. The first kappa shape index (κ1) is 14.1. The Hall–Kier alpha value is -1.32. The number of anilines is 2. The van der Waals surface area contributed by atoms with E-state index in [1.807, 2.05) is 0 Å².